The van der Waals surface area contributed by atoms with E-state index in [0.717, 1.165) is 11.9 Å². The zero-order valence-corrected chi connectivity index (χ0v) is 25.8. The van der Waals surface area contributed by atoms with E-state index in [1.807, 2.05) is 27.7 Å². The number of aliphatic carboxylic acids is 1. The summed E-state index contributed by atoms with van der Waals surface area (Å²) in [5.74, 6) is -2.50. The molecule has 1 heterocycles. The molecule has 1 saturated heterocycles. The van der Waals surface area contributed by atoms with Gasteiger partial charge in [-0.1, -0.05) is 50.6 Å². The number of carbonyl (C=O) groups is 3. The fourth-order valence-corrected chi connectivity index (χ4v) is 9.84. The Morgan fingerprint density at radius 2 is 1.88 bits per heavy atom. The third-order valence-electron chi connectivity index (χ3n) is 11.6. The van der Waals surface area contributed by atoms with Crippen LogP contribution >= 0.6 is 0 Å². The van der Waals surface area contributed by atoms with Crippen LogP contribution in [0.1, 0.15) is 53.9 Å². The first kappa shape index (κ1) is 32.0. The van der Waals surface area contributed by atoms with E-state index >= 15 is 0 Å². The lowest BCUT2D eigenvalue weighted by Crippen LogP contribution is -2.64. The predicted octanol–water partition coefficient (Wildman–Crippen LogP) is 3.06. The lowest BCUT2D eigenvalue weighted by atomic mass is 9.43. The Morgan fingerprint density at radius 3 is 2.49 bits per heavy atom. The van der Waals surface area contributed by atoms with Gasteiger partial charge in [0.25, 0.3) is 0 Å². The van der Waals surface area contributed by atoms with Crippen molar-refractivity contribution in [3.8, 4) is 0 Å². The molecule has 238 valence electrons. The molecule has 2 unspecified atom stereocenters. The zero-order valence-electron chi connectivity index (χ0n) is 25.8. The number of aliphatic hydroxyl groups excluding tert-OH is 2. The van der Waals surface area contributed by atoms with Crippen molar-refractivity contribution in [2.45, 2.75) is 90.7 Å². The number of aldehydes is 1. The van der Waals surface area contributed by atoms with E-state index in [2.05, 4.69) is 6.08 Å². The molecule has 4 aliphatic carbocycles. The summed E-state index contributed by atoms with van der Waals surface area (Å²) in [4.78, 5) is 39.5. The fourth-order valence-electron chi connectivity index (χ4n) is 9.84. The second-order valence-electron chi connectivity index (χ2n) is 13.6. The van der Waals surface area contributed by atoms with Crippen LogP contribution in [0.25, 0.3) is 0 Å². The van der Waals surface area contributed by atoms with Crippen molar-refractivity contribution in [3.63, 3.8) is 0 Å². The summed E-state index contributed by atoms with van der Waals surface area (Å²) in [6.07, 6.45) is 4.59. The molecule has 5 aliphatic rings. The van der Waals surface area contributed by atoms with E-state index in [1.165, 1.54) is 19.3 Å². The molecule has 0 aromatic carbocycles. The van der Waals surface area contributed by atoms with Gasteiger partial charge in [-0.25, -0.2) is 4.79 Å². The number of rotatable bonds is 10. The fraction of sp³-hybridized carbons (Fsp3) is 0.727. The van der Waals surface area contributed by atoms with Gasteiger partial charge >= 0.3 is 11.9 Å². The molecule has 3 N–H and O–H groups in total. The summed E-state index contributed by atoms with van der Waals surface area (Å²) < 4.78 is 23.6. The molecule has 5 rings (SSSR count). The standard InChI is InChI=1S/C33H46O10/c1-7-8-9-10-25(36)43-28-26(37)29(42-19(5)27(28)40-6)41-16-32-14-21-18(4)24(35)12-23(21)31(15-34)13-20(32)11-22(17(2)3)33(31,32)30(38)39/h7-11,15,17-21,23-24,26-29,35,37H,12-14,16H2,1-6H3,(H,38,39)/b8-7+,10-9-/t18-,19+,20+,21+,23+,24+,26-,27+,28-,29+,31?,32?,33-/m0/s1. The summed E-state index contributed by atoms with van der Waals surface area (Å²) in [5, 5.41) is 33.5. The monoisotopic (exact) mass is 602 g/mol. The number of hydrogen-bond acceptors (Lipinski definition) is 9. The Morgan fingerprint density at radius 1 is 1.16 bits per heavy atom. The summed E-state index contributed by atoms with van der Waals surface area (Å²) in [6.45, 7) is 9.33. The number of aliphatic hydroxyl groups is 2. The van der Waals surface area contributed by atoms with Gasteiger partial charge < -0.3 is 39.1 Å². The topological polar surface area (TPSA) is 149 Å². The molecule has 0 spiro atoms. The molecule has 3 saturated carbocycles. The third-order valence-corrected chi connectivity index (χ3v) is 11.6. The van der Waals surface area contributed by atoms with Crippen LogP contribution in [-0.2, 0) is 33.3 Å². The normalized spacial score (nSPS) is 46.9. The van der Waals surface area contributed by atoms with Gasteiger partial charge in [-0.15, -0.1) is 0 Å². The van der Waals surface area contributed by atoms with Crippen LogP contribution < -0.4 is 0 Å². The van der Waals surface area contributed by atoms with Crippen molar-refractivity contribution in [1.29, 1.82) is 0 Å². The number of carboxylic acid groups (broad SMARTS) is 1. The number of methoxy groups -OCH3 is 1. The van der Waals surface area contributed by atoms with Crippen molar-refractivity contribution in [1.82, 2.24) is 0 Å². The molecular weight excluding hydrogens is 556 g/mol. The molecule has 1 aliphatic heterocycles. The molecule has 4 fully saturated rings. The van der Waals surface area contributed by atoms with Gasteiger partial charge in [-0.3, -0.25) is 4.79 Å². The van der Waals surface area contributed by atoms with Gasteiger partial charge in [0.15, 0.2) is 12.4 Å². The molecule has 4 bridgehead atoms. The number of hydrogen-bond donors (Lipinski definition) is 3. The van der Waals surface area contributed by atoms with Crippen LogP contribution in [-0.4, -0.2) is 84.1 Å². The van der Waals surface area contributed by atoms with Gasteiger partial charge in [0, 0.05) is 18.6 Å². The number of carbonyl (C=O) groups excluding carboxylic acids is 2. The Labute approximate surface area is 253 Å². The van der Waals surface area contributed by atoms with E-state index in [0.29, 0.717) is 19.3 Å². The molecule has 0 radical (unpaired) electrons. The number of fused-ring (bicyclic) bond motifs is 2. The van der Waals surface area contributed by atoms with Crippen molar-refractivity contribution in [3.05, 3.63) is 36.0 Å². The minimum absolute atomic E-state index is 0.0622. The van der Waals surface area contributed by atoms with Crippen molar-refractivity contribution in [2.24, 2.45) is 45.8 Å². The maximum Gasteiger partial charge on any atom is 0.331 e. The highest BCUT2D eigenvalue weighted by Gasteiger charge is 2.84. The highest BCUT2D eigenvalue weighted by Crippen LogP contribution is 2.82. The Bertz CT molecular complexity index is 1210. The Hall–Kier alpha value is -2.37. The summed E-state index contributed by atoms with van der Waals surface area (Å²) in [5.41, 5.74) is -2.97. The first-order valence-corrected chi connectivity index (χ1v) is 15.4. The SMILES string of the molecule is C/C=C/C=C\C(=O)O[C@H]1[C@H](O)[C@H](OCC23C[C@@H]4[C@H](C)[C@H](O)C[C@H]4C4(C=O)C[C@H]2C=C(C(C)C)[C@]43C(=O)O)O[C@H](C)[C@H]1OC. The minimum atomic E-state index is -1.52. The molecule has 13 atom stereocenters. The summed E-state index contributed by atoms with van der Waals surface area (Å²) in [6, 6.07) is 0. The van der Waals surface area contributed by atoms with Gasteiger partial charge in [0.1, 0.15) is 23.9 Å². The van der Waals surface area contributed by atoms with E-state index in [9.17, 15) is 29.7 Å². The maximum atomic E-state index is 13.7. The van der Waals surface area contributed by atoms with Crippen molar-refractivity contribution >= 4 is 18.2 Å². The Balaban J connectivity index is 1.50. The molecule has 43 heavy (non-hydrogen) atoms. The van der Waals surface area contributed by atoms with E-state index in [-0.39, 0.29) is 36.2 Å². The maximum absolute atomic E-state index is 13.7. The summed E-state index contributed by atoms with van der Waals surface area (Å²) in [7, 11) is 1.44. The number of ether oxygens (including phenoxy) is 4. The Kier molecular flexibility index (Phi) is 8.59. The lowest BCUT2D eigenvalue weighted by Gasteiger charge is -2.58. The van der Waals surface area contributed by atoms with Crippen LogP contribution in [0.2, 0.25) is 0 Å². The molecule has 0 aromatic rings. The van der Waals surface area contributed by atoms with Crippen molar-refractivity contribution < 1.29 is 48.7 Å². The van der Waals surface area contributed by atoms with E-state index in [4.69, 9.17) is 18.9 Å². The highest BCUT2D eigenvalue weighted by molar-refractivity contribution is 5.90. The highest BCUT2D eigenvalue weighted by atomic mass is 16.7. The predicted molar refractivity (Wildman–Crippen MR) is 154 cm³/mol. The molecular formula is C33H46O10. The van der Waals surface area contributed by atoms with Gasteiger partial charge in [0.05, 0.1) is 24.2 Å². The third kappa shape index (κ3) is 4.35. The average molecular weight is 603 g/mol. The van der Waals surface area contributed by atoms with Crippen molar-refractivity contribution in [2.75, 3.05) is 13.7 Å². The number of allylic oxidation sites excluding steroid dienone is 4. The number of esters is 1. The minimum Gasteiger partial charge on any atom is -0.481 e. The molecule has 0 amide bonds. The largest absolute Gasteiger partial charge is 0.481 e. The van der Waals surface area contributed by atoms with E-state index in [1.54, 1.807) is 19.1 Å². The first-order valence-electron chi connectivity index (χ1n) is 15.4. The molecule has 10 heteroatoms. The van der Waals surface area contributed by atoms with Gasteiger partial charge in [0.2, 0.25) is 0 Å². The van der Waals surface area contributed by atoms with Crippen LogP contribution in [0.4, 0.5) is 0 Å². The van der Waals surface area contributed by atoms with E-state index < -0.39 is 65.0 Å². The van der Waals surface area contributed by atoms with Crippen LogP contribution in [0.15, 0.2) is 36.0 Å². The van der Waals surface area contributed by atoms with Crippen LogP contribution in [0.5, 0.6) is 0 Å². The molecule has 0 aromatic heterocycles. The quantitative estimate of drug-likeness (QED) is 0.112. The average Bonchev–Trinajstić information content (AvgIpc) is 3.48. The van der Waals surface area contributed by atoms with Gasteiger partial charge in [-0.2, -0.15) is 0 Å². The second kappa shape index (κ2) is 11.5. The summed E-state index contributed by atoms with van der Waals surface area (Å²) >= 11 is 0. The van der Waals surface area contributed by atoms with Crippen LogP contribution in [0.3, 0.4) is 0 Å². The number of carboxylic acids is 1. The smallest absolute Gasteiger partial charge is 0.331 e. The van der Waals surface area contributed by atoms with Crippen LogP contribution in [0, 0.1) is 45.8 Å². The molecule has 10 nitrogen and oxygen atoms in total. The first-order chi connectivity index (χ1) is 20.4. The van der Waals surface area contributed by atoms with Gasteiger partial charge in [-0.05, 0) is 62.7 Å². The zero-order chi connectivity index (χ0) is 31.5. The second-order valence-corrected chi connectivity index (χ2v) is 13.6. The lowest BCUT2D eigenvalue weighted by molar-refractivity contribution is -0.308.